The maximum atomic E-state index is 5.17. The number of nitrogens with one attached hydrogen (secondary N) is 1. The third kappa shape index (κ3) is 1.35. The average molecular weight is 189 g/mol. The summed E-state index contributed by atoms with van der Waals surface area (Å²) in [5, 5.41) is 3.65. The second-order valence-electron chi connectivity index (χ2n) is 4.19. The molecule has 1 heterocycles. The van der Waals surface area contributed by atoms with Crippen molar-refractivity contribution in [2.24, 2.45) is 0 Å². The highest BCUT2D eigenvalue weighted by Crippen LogP contribution is 2.31. The van der Waals surface area contributed by atoms with E-state index in [9.17, 15) is 0 Å². The lowest BCUT2D eigenvalue weighted by Crippen LogP contribution is -2.46. The summed E-state index contributed by atoms with van der Waals surface area (Å²) in [7, 11) is 0. The fourth-order valence-corrected chi connectivity index (χ4v) is 2.35. The Labute approximate surface area is 84.3 Å². The summed E-state index contributed by atoms with van der Waals surface area (Å²) in [6, 6.07) is 9.92. The van der Waals surface area contributed by atoms with Crippen LogP contribution in [-0.2, 0) is 11.2 Å². The molecule has 1 fully saturated rings. The third-order valence-electron chi connectivity index (χ3n) is 3.21. The van der Waals surface area contributed by atoms with Crippen LogP contribution < -0.4 is 5.32 Å². The Kier molecular flexibility index (Phi) is 2.03. The van der Waals surface area contributed by atoms with Gasteiger partial charge in [0.15, 0.2) is 0 Å². The first-order chi connectivity index (χ1) is 6.93. The third-order valence-corrected chi connectivity index (χ3v) is 3.21. The van der Waals surface area contributed by atoms with Crippen molar-refractivity contribution in [3.8, 4) is 0 Å². The van der Waals surface area contributed by atoms with Gasteiger partial charge < -0.3 is 10.1 Å². The normalized spacial score (nSPS) is 25.9. The number of hydrogen-bond donors (Lipinski definition) is 1. The second kappa shape index (κ2) is 3.37. The topological polar surface area (TPSA) is 21.3 Å². The van der Waals surface area contributed by atoms with Crippen molar-refractivity contribution in [1.82, 2.24) is 5.32 Å². The Hall–Kier alpha value is -0.860. The maximum absolute atomic E-state index is 5.17. The minimum atomic E-state index is 0.570. The van der Waals surface area contributed by atoms with Gasteiger partial charge in [0.25, 0.3) is 0 Å². The molecule has 1 aliphatic heterocycles. The molecule has 1 unspecified atom stereocenters. The molecule has 2 aliphatic rings. The Balaban J connectivity index is 1.76. The smallest absolute Gasteiger partial charge is 0.0643 e. The Morgan fingerprint density at radius 1 is 1.21 bits per heavy atom. The number of rotatable bonds is 2. The van der Waals surface area contributed by atoms with E-state index >= 15 is 0 Å². The van der Waals surface area contributed by atoms with Crippen LogP contribution in [0.4, 0.5) is 0 Å². The zero-order valence-electron chi connectivity index (χ0n) is 8.20. The van der Waals surface area contributed by atoms with Crippen LogP contribution in [-0.4, -0.2) is 19.3 Å². The maximum Gasteiger partial charge on any atom is 0.0643 e. The van der Waals surface area contributed by atoms with Gasteiger partial charge in [0.05, 0.1) is 19.3 Å². The van der Waals surface area contributed by atoms with Crippen LogP contribution in [0.25, 0.3) is 0 Å². The molecule has 0 saturated carbocycles. The van der Waals surface area contributed by atoms with Crippen LogP contribution in [0.15, 0.2) is 24.3 Å². The van der Waals surface area contributed by atoms with E-state index in [4.69, 9.17) is 4.74 Å². The summed E-state index contributed by atoms with van der Waals surface area (Å²) in [6.45, 7) is 1.78. The molecule has 1 aliphatic carbocycles. The highest BCUT2D eigenvalue weighted by atomic mass is 16.5. The van der Waals surface area contributed by atoms with Gasteiger partial charge in [0.2, 0.25) is 0 Å². The van der Waals surface area contributed by atoms with Crippen molar-refractivity contribution in [2.75, 3.05) is 13.2 Å². The highest BCUT2D eigenvalue weighted by molar-refractivity contribution is 5.34. The van der Waals surface area contributed by atoms with Crippen molar-refractivity contribution in [3.63, 3.8) is 0 Å². The average Bonchev–Trinajstić information content (AvgIpc) is 2.55. The molecule has 3 rings (SSSR count). The van der Waals surface area contributed by atoms with Crippen molar-refractivity contribution in [3.05, 3.63) is 35.4 Å². The zero-order chi connectivity index (χ0) is 9.38. The van der Waals surface area contributed by atoms with Crippen molar-refractivity contribution in [1.29, 1.82) is 0 Å². The van der Waals surface area contributed by atoms with Crippen LogP contribution >= 0.6 is 0 Å². The predicted molar refractivity (Wildman–Crippen MR) is 55.2 cm³/mol. The lowest BCUT2D eigenvalue weighted by atomic mass is 10.1. The molecular formula is C12H15NO. The Bertz CT molecular complexity index is 333. The molecule has 2 nitrogen and oxygen atoms in total. The molecule has 0 bridgehead atoms. The molecule has 1 aromatic rings. The van der Waals surface area contributed by atoms with Gasteiger partial charge in [-0.05, 0) is 24.0 Å². The molecule has 2 heteroatoms. The summed E-state index contributed by atoms with van der Waals surface area (Å²) in [6.07, 6.45) is 2.47. The van der Waals surface area contributed by atoms with Gasteiger partial charge in [-0.3, -0.25) is 0 Å². The molecule has 0 spiro atoms. The van der Waals surface area contributed by atoms with Crippen LogP contribution in [0.2, 0.25) is 0 Å². The van der Waals surface area contributed by atoms with Gasteiger partial charge in [-0.1, -0.05) is 24.3 Å². The molecule has 1 N–H and O–H groups in total. The van der Waals surface area contributed by atoms with Gasteiger partial charge >= 0.3 is 0 Å². The number of benzene rings is 1. The molecule has 0 aromatic heterocycles. The van der Waals surface area contributed by atoms with E-state index in [1.54, 1.807) is 0 Å². The van der Waals surface area contributed by atoms with Crippen molar-refractivity contribution >= 4 is 0 Å². The van der Waals surface area contributed by atoms with E-state index in [0.29, 0.717) is 12.1 Å². The van der Waals surface area contributed by atoms with E-state index < -0.39 is 0 Å². The van der Waals surface area contributed by atoms with Crippen LogP contribution in [0.1, 0.15) is 23.6 Å². The summed E-state index contributed by atoms with van der Waals surface area (Å²) in [5.41, 5.74) is 3.02. The quantitative estimate of drug-likeness (QED) is 0.764. The molecular weight excluding hydrogens is 174 g/mol. The summed E-state index contributed by atoms with van der Waals surface area (Å²) in [4.78, 5) is 0. The van der Waals surface area contributed by atoms with Crippen LogP contribution in [0, 0.1) is 0 Å². The Morgan fingerprint density at radius 3 is 2.86 bits per heavy atom. The number of fused-ring (bicyclic) bond motifs is 1. The summed E-state index contributed by atoms with van der Waals surface area (Å²) >= 11 is 0. The van der Waals surface area contributed by atoms with Gasteiger partial charge in [0.1, 0.15) is 0 Å². The van der Waals surface area contributed by atoms with E-state index in [2.05, 4.69) is 29.6 Å². The van der Waals surface area contributed by atoms with Crippen LogP contribution in [0.5, 0.6) is 0 Å². The monoisotopic (exact) mass is 189 g/mol. The van der Waals surface area contributed by atoms with Gasteiger partial charge in [-0.25, -0.2) is 0 Å². The minimum Gasteiger partial charge on any atom is -0.378 e. The number of aryl methyl sites for hydroxylation is 1. The Morgan fingerprint density at radius 2 is 2.07 bits per heavy atom. The fraction of sp³-hybridized carbons (Fsp3) is 0.500. The summed E-state index contributed by atoms with van der Waals surface area (Å²) in [5.74, 6) is 0. The molecule has 14 heavy (non-hydrogen) atoms. The van der Waals surface area contributed by atoms with E-state index in [1.165, 1.54) is 24.0 Å². The van der Waals surface area contributed by atoms with Crippen molar-refractivity contribution in [2.45, 2.75) is 24.9 Å². The molecule has 1 saturated heterocycles. The van der Waals surface area contributed by atoms with E-state index in [0.717, 1.165) is 13.2 Å². The van der Waals surface area contributed by atoms with Gasteiger partial charge in [0, 0.05) is 6.04 Å². The lowest BCUT2D eigenvalue weighted by molar-refractivity contribution is -0.0100. The highest BCUT2D eigenvalue weighted by Gasteiger charge is 2.27. The van der Waals surface area contributed by atoms with E-state index in [1.807, 2.05) is 0 Å². The zero-order valence-corrected chi connectivity index (χ0v) is 8.20. The first-order valence-corrected chi connectivity index (χ1v) is 5.35. The van der Waals surface area contributed by atoms with Gasteiger partial charge in [-0.15, -0.1) is 0 Å². The van der Waals surface area contributed by atoms with Gasteiger partial charge in [-0.2, -0.15) is 0 Å². The van der Waals surface area contributed by atoms with E-state index in [-0.39, 0.29) is 0 Å². The number of hydrogen-bond acceptors (Lipinski definition) is 2. The standard InChI is InChI=1S/C12H15NO/c1-2-4-11-9(3-1)5-6-12(11)13-10-7-14-8-10/h1-4,10,12-13H,5-8H2. The number of ether oxygens (including phenoxy) is 1. The SMILES string of the molecule is c1ccc2c(c1)CCC2NC1COC1. The molecule has 1 atom stereocenters. The molecule has 0 radical (unpaired) electrons. The largest absolute Gasteiger partial charge is 0.378 e. The minimum absolute atomic E-state index is 0.570. The fourth-order valence-electron chi connectivity index (χ4n) is 2.35. The predicted octanol–water partition coefficient (Wildman–Crippen LogP) is 1.66. The lowest BCUT2D eigenvalue weighted by Gasteiger charge is -2.30. The van der Waals surface area contributed by atoms with Crippen molar-refractivity contribution < 1.29 is 4.74 Å². The van der Waals surface area contributed by atoms with Crippen LogP contribution in [0.3, 0.4) is 0 Å². The molecule has 0 amide bonds. The summed E-state index contributed by atoms with van der Waals surface area (Å²) < 4.78 is 5.17. The molecule has 74 valence electrons. The second-order valence-corrected chi connectivity index (χ2v) is 4.19. The molecule has 1 aromatic carbocycles. The first kappa shape index (κ1) is 8.45. The first-order valence-electron chi connectivity index (χ1n) is 5.35.